The third-order valence-corrected chi connectivity index (χ3v) is 4.20. The third kappa shape index (κ3) is 2.70. The summed E-state index contributed by atoms with van der Waals surface area (Å²) >= 11 is 9.86. The van der Waals surface area contributed by atoms with Gasteiger partial charge >= 0.3 is 0 Å². The molecule has 0 N–H and O–H groups in total. The molecule has 3 heteroatoms. The van der Waals surface area contributed by atoms with Crippen LogP contribution in [0.25, 0.3) is 0 Å². The smallest absolute Gasteiger partial charge is 0.123 e. The highest BCUT2D eigenvalue weighted by atomic mass is 79.9. The van der Waals surface area contributed by atoms with Crippen molar-refractivity contribution < 1.29 is 4.39 Å². The highest BCUT2D eigenvalue weighted by molar-refractivity contribution is 9.09. The summed E-state index contributed by atoms with van der Waals surface area (Å²) in [6, 6.07) is 12.3. The summed E-state index contributed by atoms with van der Waals surface area (Å²) in [5, 5.41) is 0.749. The summed E-state index contributed by atoms with van der Waals surface area (Å²) in [6.45, 7) is 1.97. The van der Waals surface area contributed by atoms with Crippen molar-refractivity contribution in [2.75, 3.05) is 0 Å². The van der Waals surface area contributed by atoms with E-state index in [2.05, 4.69) is 15.9 Å². The van der Waals surface area contributed by atoms with Crippen LogP contribution in [-0.2, 0) is 0 Å². The Morgan fingerprint density at radius 3 is 2.41 bits per heavy atom. The molecule has 0 heterocycles. The second-order valence-corrected chi connectivity index (χ2v) is 5.19. The van der Waals surface area contributed by atoms with Gasteiger partial charge < -0.3 is 0 Å². The molecule has 1 atom stereocenters. The van der Waals surface area contributed by atoms with Crippen molar-refractivity contribution in [3.63, 3.8) is 0 Å². The first-order valence-corrected chi connectivity index (χ1v) is 6.53. The SMILES string of the molecule is Cc1cccc(C(Br)c2ccc(F)cc2)c1Cl. The normalized spacial score (nSPS) is 12.5. The lowest BCUT2D eigenvalue weighted by molar-refractivity contribution is 0.627. The molecule has 0 aliphatic heterocycles. The minimum Gasteiger partial charge on any atom is -0.207 e. The van der Waals surface area contributed by atoms with E-state index in [4.69, 9.17) is 11.6 Å². The van der Waals surface area contributed by atoms with Gasteiger partial charge in [-0.05, 0) is 35.7 Å². The molecule has 0 spiro atoms. The Morgan fingerprint density at radius 1 is 1.12 bits per heavy atom. The first kappa shape index (κ1) is 12.6. The maximum Gasteiger partial charge on any atom is 0.123 e. The molecule has 0 bridgehead atoms. The second kappa shape index (κ2) is 5.19. The highest BCUT2D eigenvalue weighted by Crippen LogP contribution is 2.36. The summed E-state index contributed by atoms with van der Waals surface area (Å²) in [6.07, 6.45) is 0. The van der Waals surface area contributed by atoms with Crippen LogP contribution in [0, 0.1) is 12.7 Å². The average Bonchev–Trinajstić information content (AvgIpc) is 2.33. The van der Waals surface area contributed by atoms with Crippen molar-refractivity contribution in [2.24, 2.45) is 0 Å². The topological polar surface area (TPSA) is 0 Å². The van der Waals surface area contributed by atoms with Gasteiger partial charge in [0, 0.05) is 5.02 Å². The molecule has 17 heavy (non-hydrogen) atoms. The molecular formula is C14H11BrClF. The van der Waals surface area contributed by atoms with Crippen LogP contribution >= 0.6 is 27.5 Å². The molecule has 0 aliphatic rings. The molecule has 88 valence electrons. The van der Waals surface area contributed by atoms with E-state index in [1.807, 2.05) is 25.1 Å². The molecule has 0 saturated carbocycles. The fourth-order valence-electron chi connectivity index (χ4n) is 1.68. The van der Waals surface area contributed by atoms with Crippen LogP contribution in [0.1, 0.15) is 21.5 Å². The molecule has 0 amide bonds. The van der Waals surface area contributed by atoms with Crippen molar-refractivity contribution in [1.29, 1.82) is 0 Å². The minimum atomic E-state index is -0.233. The van der Waals surface area contributed by atoms with E-state index >= 15 is 0 Å². The van der Waals surface area contributed by atoms with Crippen molar-refractivity contribution >= 4 is 27.5 Å². The van der Waals surface area contributed by atoms with Gasteiger partial charge in [-0.15, -0.1) is 0 Å². The van der Waals surface area contributed by atoms with Gasteiger partial charge in [-0.3, -0.25) is 0 Å². The lowest BCUT2D eigenvalue weighted by Crippen LogP contribution is -1.95. The maximum atomic E-state index is 12.9. The molecule has 0 aromatic heterocycles. The van der Waals surface area contributed by atoms with Crippen molar-refractivity contribution in [3.05, 3.63) is 70.0 Å². The predicted molar refractivity (Wildman–Crippen MR) is 73.4 cm³/mol. The lowest BCUT2D eigenvalue weighted by Gasteiger charge is -2.13. The fourth-order valence-corrected chi connectivity index (χ4v) is 2.73. The molecule has 1 unspecified atom stereocenters. The molecule has 0 fully saturated rings. The second-order valence-electron chi connectivity index (χ2n) is 3.89. The van der Waals surface area contributed by atoms with Crippen LogP contribution in [-0.4, -0.2) is 0 Å². The van der Waals surface area contributed by atoms with Crippen LogP contribution < -0.4 is 0 Å². The zero-order valence-electron chi connectivity index (χ0n) is 9.25. The fraction of sp³-hybridized carbons (Fsp3) is 0.143. The van der Waals surface area contributed by atoms with Gasteiger partial charge in [-0.2, -0.15) is 0 Å². The largest absolute Gasteiger partial charge is 0.207 e. The first-order chi connectivity index (χ1) is 8.09. The summed E-state index contributed by atoms with van der Waals surface area (Å²) in [4.78, 5) is -0.0181. The van der Waals surface area contributed by atoms with Gasteiger partial charge in [0.1, 0.15) is 5.82 Å². The molecule has 0 radical (unpaired) electrons. The quantitative estimate of drug-likeness (QED) is 0.662. The Balaban J connectivity index is 2.40. The van der Waals surface area contributed by atoms with Crippen LogP contribution in [0.4, 0.5) is 4.39 Å². The zero-order valence-corrected chi connectivity index (χ0v) is 11.6. The number of halogens is 3. The van der Waals surface area contributed by atoms with Crippen molar-refractivity contribution in [2.45, 2.75) is 11.8 Å². The molecule has 2 aromatic rings. The summed E-state index contributed by atoms with van der Waals surface area (Å²) < 4.78 is 12.9. The van der Waals surface area contributed by atoms with E-state index in [0.29, 0.717) is 0 Å². The monoisotopic (exact) mass is 312 g/mol. The van der Waals surface area contributed by atoms with Crippen LogP contribution in [0.15, 0.2) is 42.5 Å². The van der Waals surface area contributed by atoms with Gasteiger partial charge in [0.15, 0.2) is 0 Å². The zero-order chi connectivity index (χ0) is 12.4. The number of benzene rings is 2. The summed E-state index contributed by atoms with van der Waals surface area (Å²) in [7, 11) is 0. The molecule has 0 saturated heterocycles. The number of rotatable bonds is 2. The standard InChI is InChI=1S/C14H11BrClF/c1-9-3-2-4-12(14(9)16)13(15)10-5-7-11(17)8-6-10/h2-8,13H,1H3. The molecular weight excluding hydrogens is 303 g/mol. The van der Waals surface area contributed by atoms with E-state index in [9.17, 15) is 4.39 Å². The van der Waals surface area contributed by atoms with Crippen LogP contribution in [0.3, 0.4) is 0 Å². The van der Waals surface area contributed by atoms with E-state index in [-0.39, 0.29) is 10.6 Å². The van der Waals surface area contributed by atoms with Gasteiger partial charge in [-0.25, -0.2) is 4.39 Å². The van der Waals surface area contributed by atoms with Gasteiger partial charge in [0.05, 0.1) is 4.83 Å². The minimum absolute atomic E-state index is 0.0181. The number of hydrogen-bond acceptors (Lipinski definition) is 0. The Bertz CT molecular complexity index is 522. The first-order valence-electron chi connectivity index (χ1n) is 5.24. The molecule has 2 rings (SSSR count). The molecule has 2 aromatic carbocycles. The van der Waals surface area contributed by atoms with E-state index in [1.54, 1.807) is 12.1 Å². The summed E-state index contributed by atoms with van der Waals surface area (Å²) in [5.74, 6) is -0.233. The van der Waals surface area contributed by atoms with E-state index in [0.717, 1.165) is 21.7 Å². The van der Waals surface area contributed by atoms with E-state index in [1.165, 1.54) is 12.1 Å². The maximum absolute atomic E-state index is 12.9. The third-order valence-electron chi connectivity index (χ3n) is 2.66. The number of alkyl halides is 1. The highest BCUT2D eigenvalue weighted by Gasteiger charge is 2.14. The van der Waals surface area contributed by atoms with Crippen LogP contribution in [0.2, 0.25) is 5.02 Å². The Morgan fingerprint density at radius 2 is 1.76 bits per heavy atom. The summed E-state index contributed by atoms with van der Waals surface area (Å²) in [5.41, 5.74) is 3.02. The van der Waals surface area contributed by atoms with Crippen molar-refractivity contribution in [1.82, 2.24) is 0 Å². The van der Waals surface area contributed by atoms with Crippen LogP contribution in [0.5, 0.6) is 0 Å². The number of aryl methyl sites for hydroxylation is 1. The van der Waals surface area contributed by atoms with E-state index < -0.39 is 0 Å². The lowest BCUT2D eigenvalue weighted by atomic mass is 10.0. The average molecular weight is 314 g/mol. The predicted octanol–water partition coefficient (Wildman–Crippen LogP) is 5.27. The Labute approximate surface area is 114 Å². The van der Waals surface area contributed by atoms with Gasteiger partial charge in [-0.1, -0.05) is 57.9 Å². The molecule has 0 aliphatic carbocycles. The van der Waals surface area contributed by atoms with Crippen molar-refractivity contribution in [3.8, 4) is 0 Å². The number of hydrogen-bond donors (Lipinski definition) is 0. The van der Waals surface area contributed by atoms with Gasteiger partial charge in [0.25, 0.3) is 0 Å². The Kier molecular flexibility index (Phi) is 3.85. The van der Waals surface area contributed by atoms with Gasteiger partial charge in [0.2, 0.25) is 0 Å². The Hall–Kier alpha value is -0.860. The molecule has 0 nitrogen and oxygen atoms in total.